The Morgan fingerprint density at radius 1 is 0.648 bits per heavy atom. The predicted molar refractivity (Wildman–Crippen MR) is 216 cm³/mol. The number of para-hydroxylation sites is 1. The molecule has 3 aromatic heterocycles. The molecule has 0 spiro atoms. The van der Waals surface area contributed by atoms with E-state index in [1.54, 1.807) is 11.1 Å². The number of rotatable bonds is 7. The van der Waals surface area contributed by atoms with Crippen LogP contribution >= 0.6 is 0 Å². The van der Waals surface area contributed by atoms with Gasteiger partial charge in [-0.25, -0.2) is 4.98 Å². The van der Waals surface area contributed by atoms with Crippen LogP contribution in [-0.4, -0.2) is 19.3 Å². The van der Waals surface area contributed by atoms with E-state index in [0.29, 0.717) is 23.3 Å². The summed E-state index contributed by atoms with van der Waals surface area (Å²) in [7, 11) is 0. The molecule has 5 nitrogen and oxygen atoms in total. The van der Waals surface area contributed by atoms with Crippen molar-refractivity contribution in [2.24, 2.45) is 0 Å². The first-order chi connectivity index (χ1) is 25.9. The summed E-state index contributed by atoms with van der Waals surface area (Å²) < 4.78 is 10.9. The van der Waals surface area contributed by atoms with Gasteiger partial charge in [0.25, 0.3) is 0 Å². The first-order valence-corrected chi connectivity index (χ1v) is 19.7. The van der Waals surface area contributed by atoms with Gasteiger partial charge in [0.15, 0.2) is 0 Å². The van der Waals surface area contributed by atoms with Gasteiger partial charge in [-0.05, 0) is 110 Å². The van der Waals surface area contributed by atoms with Crippen LogP contribution in [0.5, 0.6) is 11.5 Å². The Hall–Kier alpha value is -4.50. The van der Waals surface area contributed by atoms with Gasteiger partial charge in [0.1, 0.15) is 5.82 Å². The smallest absolute Gasteiger partial charge is 0.509 e. The molecule has 54 heavy (non-hydrogen) atoms. The molecular weight excluding hydrogens is 755 g/mol. The van der Waals surface area contributed by atoms with Crippen molar-refractivity contribution in [3.8, 4) is 34.1 Å². The summed E-state index contributed by atoms with van der Waals surface area (Å²) in [5.74, 6) is 3.38. The molecule has 6 heteroatoms. The van der Waals surface area contributed by atoms with E-state index in [-0.39, 0.29) is 20.4 Å². The number of aromatic nitrogens is 4. The third-order valence-electron chi connectivity index (χ3n) is 11.9. The van der Waals surface area contributed by atoms with Gasteiger partial charge in [0, 0.05) is 34.5 Å². The molecule has 0 radical (unpaired) electrons. The fourth-order valence-corrected chi connectivity index (χ4v) is 9.39. The second-order valence-electron chi connectivity index (χ2n) is 15.6. The summed E-state index contributed by atoms with van der Waals surface area (Å²) in [5.41, 5.74) is 13.3. The van der Waals surface area contributed by atoms with Crippen LogP contribution in [0.1, 0.15) is 110 Å². The van der Waals surface area contributed by atoms with Crippen molar-refractivity contribution in [3.63, 3.8) is 0 Å². The molecule has 0 amide bonds. The summed E-state index contributed by atoms with van der Waals surface area (Å²) >= 11 is 0. The van der Waals surface area contributed by atoms with Crippen LogP contribution < -0.4 is 4.74 Å². The Kier molecular flexibility index (Phi) is 10.4. The number of hydrogen-bond donors (Lipinski definition) is 0. The van der Waals surface area contributed by atoms with Crippen molar-refractivity contribution in [2.75, 3.05) is 0 Å². The molecule has 2 aliphatic rings. The Balaban J connectivity index is 0.00000413. The van der Waals surface area contributed by atoms with E-state index >= 15 is 0 Å². The Labute approximate surface area is 333 Å². The van der Waals surface area contributed by atoms with Gasteiger partial charge in [-0.2, -0.15) is 16.7 Å². The number of pyridine rings is 1. The second-order valence-corrected chi connectivity index (χ2v) is 15.6. The zero-order chi connectivity index (χ0) is 36.1. The molecule has 2 fully saturated rings. The number of aryl methyl sites for hydroxylation is 3. The third kappa shape index (κ3) is 6.73. The van der Waals surface area contributed by atoms with Crippen LogP contribution in [0.25, 0.3) is 44.4 Å². The Morgan fingerprint density at radius 3 is 2.06 bits per heavy atom. The molecule has 3 heterocycles. The zero-order valence-corrected chi connectivity index (χ0v) is 33.4. The van der Waals surface area contributed by atoms with Crippen LogP contribution in [0.4, 0.5) is 0 Å². The van der Waals surface area contributed by atoms with Crippen molar-refractivity contribution < 1.29 is 25.2 Å². The Morgan fingerprint density at radius 2 is 1.35 bits per heavy atom. The SMILES string of the molecule is Cc1cc(Oc2[c-]c3c(cc2)c2ccccc2n3-c2cc(C)ccn2)[c-]c(-n2nc(C)c(-c3c(C4CCCCC4)cccc3C3CCCCC3)c2C)c1.[Pd+2]. The monoisotopic (exact) mass is 802 g/mol. The maximum atomic E-state index is 6.61. The molecule has 7 aromatic rings. The van der Waals surface area contributed by atoms with Crippen molar-refractivity contribution in [1.82, 2.24) is 19.3 Å². The molecule has 0 aliphatic heterocycles. The van der Waals surface area contributed by atoms with Crippen LogP contribution in [0, 0.1) is 39.8 Å². The van der Waals surface area contributed by atoms with Crippen molar-refractivity contribution in [1.29, 1.82) is 0 Å². The van der Waals surface area contributed by atoms with Gasteiger partial charge in [-0.1, -0.05) is 87.4 Å². The number of benzene rings is 4. The summed E-state index contributed by atoms with van der Waals surface area (Å²) in [6.07, 6.45) is 15.0. The first-order valence-electron chi connectivity index (χ1n) is 19.7. The van der Waals surface area contributed by atoms with E-state index in [9.17, 15) is 0 Å². The van der Waals surface area contributed by atoms with Crippen LogP contribution in [-0.2, 0) is 20.4 Å². The number of fused-ring (bicyclic) bond motifs is 3. The van der Waals surface area contributed by atoms with E-state index in [4.69, 9.17) is 14.8 Å². The molecule has 0 N–H and O–H groups in total. The van der Waals surface area contributed by atoms with E-state index < -0.39 is 0 Å². The topological polar surface area (TPSA) is 44.9 Å². The van der Waals surface area contributed by atoms with Gasteiger partial charge in [0.05, 0.1) is 5.69 Å². The number of ether oxygens (including phenoxy) is 1. The van der Waals surface area contributed by atoms with Crippen LogP contribution in [0.3, 0.4) is 0 Å². The summed E-state index contributed by atoms with van der Waals surface area (Å²) in [6.45, 7) is 8.65. The largest absolute Gasteiger partial charge is 2.00 e. The predicted octanol–water partition coefficient (Wildman–Crippen LogP) is 12.8. The van der Waals surface area contributed by atoms with Gasteiger partial charge < -0.3 is 9.30 Å². The van der Waals surface area contributed by atoms with E-state index in [0.717, 1.165) is 50.1 Å². The molecule has 2 saturated carbocycles. The summed E-state index contributed by atoms with van der Waals surface area (Å²) in [5, 5.41) is 7.52. The zero-order valence-electron chi connectivity index (χ0n) is 31.8. The normalized spacial score (nSPS) is 15.5. The van der Waals surface area contributed by atoms with E-state index in [1.165, 1.54) is 81.0 Å². The number of nitrogens with zero attached hydrogens (tertiary/aromatic N) is 4. The molecule has 2 aliphatic carbocycles. The average molecular weight is 803 g/mol. The quantitative estimate of drug-likeness (QED) is 0.119. The van der Waals surface area contributed by atoms with Gasteiger partial charge in [-0.3, -0.25) is 4.68 Å². The minimum Gasteiger partial charge on any atom is -0.509 e. The summed E-state index contributed by atoms with van der Waals surface area (Å²) in [6, 6.07) is 35.4. The van der Waals surface area contributed by atoms with Crippen molar-refractivity contribution in [3.05, 3.63) is 131 Å². The summed E-state index contributed by atoms with van der Waals surface area (Å²) in [4.78, 5) is 4.74. The van der Waals surface area contributed by atoms with Crippen molar-refractivity contribution in [2.45, 2.75) is 104 Å². The molecule has 9 rings (SSSR count). The van der Waals surface area contributed by atoms with Crippen LogP contribution in [0.15, 0.2) is 85.1 Å². The molecule has 0 bridgehead atoms. The first kappa shape index (κ1) is 36.5. The minimum atomic E-state index is 0. The maximum Gasteiger partial charge on any atom is 2.00 e. The minimum absolute atomic E-state index is 0. The molecular formula is C48H48N4OPd. The van der Waals surface area contributed by atoms with Gasteiger partial charge >= 0.3 is 20.4 Å². The molecule has 0 atom stereocenters. The van der Waals surface area contributed by atoms with Gasteiger partial charge in [-0.15, -0.1) is 35.7 Å². The fourth-order valence-electron chi connectivity index (χ4n) is 9.39. The molecule has 4 aromatic carbocycles. The Bertz CT molecular complexity index is 2430. The van der Waals surface area contributed by atoms with Crippen molar-refractivity contribution >= 4 is 21.8 Å². The number of hydrogen-bond acceptors (Lipinski definition) is 3. The molecule has 276 valence electrons. The second kappa shape index (κ2) is 15.3. The average Bonchev–Trinajstić information content (AvgIpc) is 3.67. The van der Waals surface area contributed by atoms with E-state index in [2.05, 4.69) is 110 Å². The maximum absolute atomic E-state index is 6.61. The van der Waals surface area contributed by atoms with Gasteiger partial charge in [0.2, 0.25) is 0 Å². The fraction of sp³-hybridized carbons (Fsp3) is 0.333. The standard InChI is InChI=1S/C48H48N4O.Pd/c1-31-24-25-49-46(28-31)51-44-21-12-11-18-42(44)43-23-22-38(30-45(43)51)53-39-27-32(2)26-37(29-39)52-34(4)47(33(3)50-52)48-40(35-14-7-5-8-15-35)19-13-20-41(48)36-16-9-6-10-17-36;/h11-13,18-28,35-36H,5-10,14-17H2,1-4H3;/q-2;+2. The van der Waals surface area contributed by atoms with E-state index in [1.807, 2.05) is 24.4 Å². The molecule has 0 saturated heterocycles. The van der Waals surface area contributed by atoms with Crippen LogP contribution in [0.2, 0.25) is 0 Å². The molecule has 0 unspecified atom stereocenters. The third-order valence-corrected chi connectivity index (χ3v) is 11.9.